The maximum absolute atomic E-state index is 13.0. The number of benzene rings is 2. The van der Waals surface area contributed by atoms with Crippen LogP contribution in [-0.4, -0.2) is 28.9 Å². The van der Waals surface area contributed by atoms with E-state index in [1.807, 2.05) is 0 Å². The van der Waals surface area contributed by atoms with E-state index in [2.05, 4.69) is 0 Å². The van der Waals surface area contributed by atoms with Gasteiger partial charge in [0.05, 0.1) is 45.7 Å². The van der Waals surface area contributed by atoms with E-state index in [-0.39, 0.29) is 40.1 Å². The molecular weight excluding hydrogens is 435 g/mol. The summed E-state index contributed by atoms with van der Waals surface area (Å²) in [4.78, 5) is 37.9. The minimum atomic E-state index is -0.613. The number of imide groups is 1. The summed E-state index contributed by atoms with van der Waals surface area (Å²) in [7, 11) is 0. The molecule has 2 aromatic rings. The van der Waals surface area contributed by atoms with Gasteiger partial charge >= 0.3 is 0 Å². The van der Waals surface area contributed by atoms with Gasteiger partial charge in [-0.15, -0.1) is 0 Å². The maximum atomic E-state index is 13.0. The van der Waals surface area contributed by atoms with E-state index in [4.69, 9.17) is 32.7 Å². The number of carbonyl (C=O) groups excluding carboxylic acids is 2. The van der Waals surface area contributed by atoms with Crippen LogP contribution in [-0.2, 0) is 14.3 Å². The van der Waals surface area contributed by atoms with Gasteiger partial charge in [-0.1, -0.05) is 23.2 Å². The second-order valence-corrected chi connectivity index (χ2v) is 8.32. The molecule has 0 aromatic heterocycles. The van der Waals surface area contributed by atoms with E-state index in [0.29, 0.717) is 5.02 Å². The number of hydrogen-bond donors (Lipinski definition) is 0. The van der Waals surface area contributed by atoms with Crippen LogP contribution in [0.4, 0.5) is 11.4 Å². The third kappa shape index (κ3) is 2.94. The number of nitrogens with zero attached hydrogens (tertiary/aromatic N) is 2. The Labute approximate surface area is 180 Å². The van der Waals surface area contributed by atoms with E-state index in [1.54, 1.807) is 6.07 Å². The molecule has 0 aliphatic carbocycles. The zero-order chi connectivity index (χ0) is 21.2. The van der Waals surface area contributed by atoms with Crippen LogP contribution >= 0.6 is 23.2 Å². The number of hydrogen-bond acceptors (Lipinski definition) is 6. The van der Waals surface area contributed by atoms with Gasteiger partial charge in [0.25, 0.3) is 5.69 Å². The number of non-ortho nitro benzene ring substituents is 1. The molecule has 3 heterocycles. The molecule has 0 saturated carbocycles. The van der Waals surface area contributed by atoms with Crippen molar-refractivity contribution in [2.45, 2.75) is 25.0 Å². The van der Waals surface area contributed by atoms with Crippen molar-refractivity contribution < 1.29 is 24.0 Å². The summed E-state index contributed by atoms with van der Waals surface area (Å²) in [5, 5.41) is 12.1. The fourth-order valence-electron chi connectivity index (χ4n) is 4.51. The van der Waals surface area contributed by atoms with Gasteiger partial charge < -0.3 is 9.47 Å². The van der Waals surface area contributed by atoms with Gasteiger partial charge in [-0.3, -0.25) is 19.7 Å². The molecule has 154 valence electrons. The lowest BCUT2D eigenvalue weighted by molar-refractivity contribution is -0.384. The normalized spacial score (nSPS) is 26.9. The summed E-state index contributed by atoms with van der Waals surface area (Å²) in [5.74, 6) is -1.56. The van der Waals surface area contributed by atoms with Gasteiger partial charge in [0.15, 0.2) is 0 Å². The zero-order valence-corrected chi connectivity index (χ0v) is 16.8. The summed E-state index contributed by atoms with van der Waals surface area (Å²) >= 11 is 12.0. The Morgan fingerprint density at radius 3 is 2.30 bits per heavy atom. The Morgan fingerprint density at radius 1 is 1.03 bits per heavy atom. The van der Waals surface area contributed by atoms with E-state index in [1.165, 1.54) is 30.3 Å². The summed E-state index contributed by atoms with van der Waals surface area (Å²) < 4.78 is 11.4. The molecule has 0 unspecified atom stereocenters. The molecule has 0 N–H and O–H groups in total. The van der Waals surface area contributed by atoms with Crippen molar-refractivity contribution in [2.24, 2.45) is 11.8 Å². The van der Waals surface area contributed by atoms with Crippen LogP contribution in [0.15, 0.2) is 36.4 Å². The van der Waals surface area contributed by atoms with Crippen LogP contribution < -0.4 is 9.64 Å². The number of anilines is 1. The minimum Gasteiger partial charge on any atom is -0.455 e. The van der Waals surface area contributed by atoms with Crippen molar-refractivity contribution in [3.05, 3.63) is 56.6 Å². The first kappa shape index (κ1) is 19.3. The largest absolute Gasteiger partial charge is 0.455 e. The Kier molecular flexibility index (Phi) is 4.46. The van der Waals surface area contributed by atoms with Gasteiger partial charge in [-0.2, -0.15) is 0 Å². The summed E-state index contributed by atoms with van der Waals surface area (Å²) in [5.41, 5.74) is -0.224. The number of halogens is 2. The van der Waals surface area contributed by atoms with Crippen LogP contribution in [0.3, 0.4) is 0 Å². The molecule has 3 saturated heterocycles. The highest BCUT2D eigenvalue weighted by Crippen LogP contribution is 2.50. The maximum Gasteiger partial charge on any atom is 0.275 e. The highest BCUT2D eigenvalue weighted by atomic mass is 35.5. The summed E-state index contributed by atoms with van der Waals surface area (Å²) in [6.07, 6.45) is 0.918. The topological polar surface area (TPSA) is 99.0 Å². The van der Waals surface area contributed by atoms with E-state index >= 15 is 0 Å². The van der Waals surface area contributed by atoms with Crippen molar-refractivity contribution in [2.75, 3.05) is 4.90 Å². The third-order valence-electron chi connectivity index (χ3n) is 5.75. The minimum absolute atomic E-state index is 0.0697. The number of carbonyl (C=O) groups is 2. The molecule has 2 amide bonds. The van der Waals surface area contributed by atoms with Gasteiger partial charge in [-0.25, -0.2) is 4.90 Å². The van der Waals surface area contributed by atoms with E-state index < -0.39 is 28.6 Å². The number of rotatable bonds is 4. The number of ether oxygens (including phenoxy) is 2. The molecule has 0 spiro atoms. The van der Waals surface area contributed by atoms with E-state index in [0.717, 1.165) is 17.7 Å². The summed E-state index contributed by atoms with van der Waals surface area (Å²) in [6, 6.07) is 8.36. The van der Waals surface area contributed by atoms with Crippen LogP contribution in [0.2, 0.25) is 10.0 Å². The fourth-order valence-corrected chi connectivity index (χ4v) is 4.96. The quantitative estimate of drug-likeness (QED) is 0.391. The first-order valence-corrected chi connectivity index (χ1v) is 10.0. The highest BCUT2D eigenvalue weighted by Gasteiger charge is 2.62. The number of nitro benzene ring substituents is 1. The average molecular weight is 449 g/mol. The van der Waals surface area contributed by atoms with Crippen molar-refractivity contribution in [3.8, 4) is 11.5 Å². The molecule has 3 fully saturated rings. The smallest absolute Gasteiger partial charge is 0.275 e. The average Bonchev–Trinajstić information content (AvgIpc) is 3.37. The zero-order valence-electron chi connectivity index (χ0n) is 15.3. The molecule has 0 radical (unpaired) electrons. The summed E-state index contributed by atoms with van der Waals surface area (Å²) in [6.45, 7) is 0. The van der Waals surface area contributed by atoms with Crippen LogP contribution in [0, 0.1) is 22.0 Å². The third-order valence-corrected chi connectivity index (χ3v) is 6.28. The SMILES string of the molecule is O=C1[C@@H]2[C@H](C(=O)N1c1cc(Oc3ccc(Cl)cc3Cl)cc([N+](=O)[O-])c1)[C@H]1CC[C@H]2O1. The predicted octanol–water partition coefficient (Wildman–Crippen LogP) is 4.36. The predicted molar refractivity (Wildman–Crippen MR) is 107 cm³/mol. The molecule has 3 aliphatic rings. The number of nitro groups is 1. The molecule has 30 heavy (non-hydrogen) atoms. The van der Waals surface area contributed by atoms with Crippen LogP contribution in [0.25, 0.3) is 0 Å². The van der Waals surface area contributed by atoms with Crippen molar-refractivity contribution in [1.29, 1.82) is 0 Å². The lowest BCUT2D eigenvalue weighted by Gasteiger charge is -2.18. The first-order valence-electron chi connectivity index (χ1n) is 9.29. The molecule has 2 bridgehead atoms. The highest BCUT2D eigenvalue weighted by molar-refractivity contribution is 6.35. The number of fused-ring (bicyclic) bond motifs is 5. The Morgan fingerprint density at radius 2 is 1.70 bits per heavy atom. The van der Waals surface area contributed by atoms with Crippen LogP contribution in [0.5, 0.6) is 11.5 Å². The van der Waals surface area contributed by atoms with Gasteiger partial charge in [-0.05, 0) is 31.0 Å². The van der Waals surface area contributed by atoms with Crippen molar-refractivity contribution in [3.63, 3.8) is 0 Å². The monoisotopic (exact) mass is 448 g/mol. The van der Waals surface area contributed by atoms with Crippen molar-refractivity contribution >= 4 is 46.4 Å². The van der Waals surface area contributed by atoms with E-state index in [9.17, 15) is 19.7 Å². The van der Waals surface area contributed by atoms with Gasteiger partial charge in [0.1, 0.15) is 11.5 Å². The molecular formula is C20H14Cl2N2O6. The molecule has 10 heteroatoms. The Balaban J connectivity index is 1.53. The standard InChI is InChI=1S/C20H14Cl2N2O6/c21-9-1-2-14(13(22)5-9)29-12-7-10(6-11(8-12)24(27)28)23-19(25)17-15-3-4-16(30-15)18(17)20(23)26/h1-2,5-8,15-18H,3-4H2/t15-,16-,17-,18+/m1/s1. The molecule has 2 aromatic carbocycles. The number of amides is 2. The molecule has 8 nitrogen and oxygen atoms in total. The Hall–Kier alpha value is -2.68. The lowest BCUT2D eigenvalue weighted by Crippen LogP contribution is -2.34. The molecule has 5 rings (SSSR count). The van der Waals surface area contributed by atoms with Crippen LogP contribution in [0.1, 0.15) is 12.8 Å². The second kappa shape index (κ2) is 6.94. The van der Waals surface area contributed by atoms with Gasteiger partial charge in [0, 0.05) is 17.2 Å². The van der Waals surface area contributed by atoms with Gasteiger partial charge in [0.2, 0.25) is 11.8 Å². The van der Waals surface area contributed by atoms with Crippen molar-refractivity contribution in [1.82, 2.24) is 0 Å². The second-order valence-electron chi connectivity index (χ2n) is 7.47. The lowest BCUT2D eigenvalue weighted by atomic mass is 9.81. The fraction of sp³-hybridized carbons (Fsp3) is 0.300. The molecule has 3 aliphatic heterocycles. The first-order chi connectivity index (χ1) is 14.3. The Bertz CT molecular complexity index is 1080. The molecule has 4 atom stereocenters.